The highest BCUT2D eigenvalue weighted by molar-refractivity contribution is 7.89. The highest BCUT2D eigenvalue weighted by atomic mass is 35.5. The Morgan fingerprint density at radius 3 is 2.12 bits per heavy atom. The number of hydrogen-bond acceptors (Lipinski definition) is 3. The molecule has 16 heavy (non-hydrogen) atoms. The second-order valence-electron chi connectivity index (χ2n) is 4.73. The van der Waals surface area contributed by atoms with Crippen LogP contribution in [0.15, 0.2) is 0 Å². The summed E-state index contributed by atoms with van der Waals surface area (Å²) in [5, 5.41) is 0. The number of halogens is 1. The molecule has 6 heteroatoms. The van der Waals surface area contributed by atoms with Crippen molar-refractivity contribution in [3.63, 3.8) is 0 Å². The van der Waals surface area contributed by atoms with Crippen molar-refractivity contribution in [1.82, 2.24) is 9.21 Å². The van der Waals surface area contributed by atoms with Gasteiger partial charge in [-0.3, -0.25) is 0 Å². The van der Waals surface area contributed by atoms with Crippen LogP contribution in [0.5, 0.6) is 0 Å². The number of hydrogen-bond donors (Lipinski definition) is 0. The van der Waals surface area contributed by atoms with Gasteiger partial charge in [-0.1, -0.05) is 0 Å². The SMILES string of the molecule is CN(C)C1(CN(C)S(=O)(=O)CCCl)CCC1. The van der Waals surface area contributed by atoms with Crippen LogP contribution in [-0.2, 0) is 10.0 Å². The molecule has 1 aliphatic carbocycles. The van der Waals surface area contributed by atoms with Crippen molar-refractivity contribution in [3.8, 4) is 0 Å². The molecule has 0 saturated heterocycles. The van der Waals surface area contributed by atoms with Crippen molar-refractivity contribution in [2.75, 3.05) is 39.3 Å². The molecule has 0 spiro atoms. The van der Waals surface area contributed by atoms with E-state index in [-0.39, 0.29) is 17.2 Å². The second kappa shape index (κ2) is 5.21. The number of rotatable bonds is 6. The molecule has 1 fully saturated rings. The van der Waals surface area contributed by atoms with Crippen LogP contribution in [0.3, 0.4) is 0 Å². The van der Waals surface area contributed by atoms with Crippen molar-refractivity contribution >= 4 is 21.6 Å². The molecule has 1 aliphatic rings. The van der Waals surface area contributed by atoms with Crippen molar-refractivity contribution in [2.24, 2.45) is 0 Å². The van der Waals surface area contributed by atoms with E-state index >= 15 is 0 Å². The largest absolute Gasteiger partial charge is 0.302 e. The predicted molar refractivity (Wildman–Crippen MR) is 67.4 cm³/mol. The smallest absolute Gasteiger partial charge is 0.215 e. The molecular formula is C10H21ClN2O2S. The summed E-state index contributed by atoms with van der Waals surface area (Å²) in [6.07, 6.45) is 3.32. The van der Waals surface area contributed by atoms with Crippen LogP contribution in [-0.4, -0.2) is 62.5 Å². The van der Waals surface area contributed by atoms with Crippen LogP contribution in [0.1, 0.15) is 19.3 Å². The van der Waals surface area contributed by atoms with Gasteiger partial charge in [0.25, 0.3) is 0 Å². The van der Waals surface area contributed by atoms with E-state index in [0.29, 0.717) is 6.54 Å². The Bertz CT molecular complexity index is 326. The van der Waals surface area contributed by atoms with Gasteiger partial charge in [-0.2, -0.15) is 0 Å². The average Bonchev–Trinajstić information content (AvgIpc) is 2.09. The van der Waals surface area contributed by atoms with Crippen molar-refractivity contribution in [1.29, 1.82) is 0 Å². The second-order valence-corrected chi connectivity index (χ2v) is 7.31. The molecule has 4 nitrogen and oxygen atoms in total. The maximum absolute atomic E-state index is 11.8. The van der Waals surface area contributed by atoms with E-state index in [0.717, 1.165) is 12.8 Å². The molecule has 1 saturated carbocycles. The van der Waals surface area contributed by atoms with Gasteiger partial charge >= 0.3 is 0 Å². The zero-order valence-corrected chi connectivity index (χ0v) is 11.8. The Morgan fingerprint density at radius 2 is 1.81 bits per heavy atom. The summed E-state index contributed by atoms with van der Waals surface area (Å²) < 4.78 is 25.0. The fourth-order valence-electron chi connectivity index (χ4n) is 2.10. The third kappa shape index (κ3) is 2.88. The number of alkyl halides is 1. The zero-order chi connectivity index (χ0) is 12.4. The van der Waals surface area contributed by atoms with Gasteiger partial charge in [0.2, 0.25) is 10.0 Å². The summed E-state index contributed by atoms with van der Waals surface area (Å²) in [7, 11) is 2.50. The van der Waals surface area contributed by atoms with E-state index in [1.54, 1.807) is 7.05 Å². The summed E-state index contributed by atoms with van der Waals surface area (Å²) in [5.74, 6) is 0.177. The summed E-state index contributed by atoms with van der Waals surface area (Å²) in [5.41, 5.74) is 0.0358. The topological polar surface area (TPSA) is 40.6 Å². The Morgan fingerprint density at radius 1 is 1.25 bits per heavy atom. The normalized spacial score (nSPS) is 20.1. The van der Waals surface area contributed by atoms with E-state index in [1.807, 2.05) is 14.1 Å². The van der Waals surface area contributed by atoms with Crippen LogP contribution in [0.4, 0.5) is 0 Å². The standard InChI is InChI=1S/C10H21ClN2O2S/c1-12(2)10(5-4-6-10)9-13(3)16(14,15)8-7-11/h4-9H2,1-3H3. The fraction of sp³-hybridized carbons (Fsp3) is 1.00. The maximum atomic E-state index is 11.8. The molecule has 96 valence electrons. The first-order valence-electron chi connectivity index (χ1n) is 5.51. The van der Waals surface area contributed by atoms with Gasteiger partial charge in [0.1, 0.15) is 0 Å². The molecule has 0 aromatic carbocycles. The van der Waals surface area contributed by atoms with Crippen molar-refractivity contribution in [2.45, 2.75) is 24.8 Å². The van der Waals surface area contributed by atoms with Crippen LogP contribution >= 0.6 is 11.6 Å². The molecule has 0 radical (unpaired) electrons. The molecule has 0 aromatic rings. The summed E-state index contributed by atoms with van der Waals surface area (Å²) in [6.45, 7) is 0.569. The number of sulfonamides is 1. The van der Waals surface area contributed by atoms with Crippen molar-refractivity contribution < 1.29 is 8.42 Å². The van der Waals surface area contributed by atoms with E-state index in [9.17, 15) is 8.42 Å². The van der Waals surface area contributed by atoms with Gasteiger partial charge in [-0.25, -0.2) is 12.7 Å². The van der Waals surface area contributed by atoms with Crippen LogP contribution in [0.25, 0.3) is 0 Å². The third-order valence-corrected chi connectivity index (χ3v) is 5.77. The third-order valence-electron chi connectivity index (χ3n) is 3.56. The van der Waals surface area contributed by atoms with Gasteiger partial charge in [-0.15, -0.1) is 11.6 Å². The predicted octanol–water partition coefficient (Wildman–Crippen LogP) is 0.971. The van der Waals surface area contributed by atoms with Gasteiger partial charge in [0, 0.05) is 25.0 Å². The van der Waals surface area contributed by atoms with E-state index in [4.69, 9.17) is 11.6 Å². The Hall–Kier alpha value is 0.160. The first kappa shape index (κ1) is 14.2. The van der Waals surface area contributed by atoms with E-state index < -0.39 is 10.0 Å². The molecule has 0 aliphatic heterocycles. The maximum Gasteiger partial charge on any atom is 0.215 e. The van der Waals surface area contributed by atoms with Gasteiger partial charge in [0.15, 0.2) is 0 Å². The van der Waals surface area contributed by atoms with Crippen LogP contribution in [0, 0.1) is 0 Å². The first-order chi connectivity index (χ1) is 7.34. The fourth-order valence-corrected chi connectivity index (χ4v) is 3.63. The summed E-state index contributed by atoms with van der Waals surface area (Å²) in [4.78, 5) is 2.14. The van der Waals surface area contributed by atoms with Gasteiger partial charge in [-0.05, 0) is 33.4 Å². The molecule has 1 rings (SSSR count). The minimum absolute atomic E-state index is 0.0224. The Kier molecular flexibility index (Phi) is 4.63. The minimum Gasteiger partial charge on any atom is -0.302 e. The Balaban J connectivity index is 2.66. The molecule has 0 aromatic heterocycles. The molecule has 0 atom stereocenters. The molecule has 0 amide bonds. The average molecular weight is 269 g/mol. The molecule has 0 N–H and O–H groups in total. The zero-order valence-electron chi connectivity index (χ0n) is 10.2. The first-order valence-corrected chi connectivity index (χ1v) is 7.66. The molecule has 0 heterocycles. The Labute approximate surface area is 104 Å². The van der Waals surface area contributed by atoms with Gasteiger partial charge in [0.05, 0.1) is 5.75 Å². The monoisotopic (exact) mass is 268 g/mol. The molecule has 0 unspecified atom stereocenters. The van der Waals surface area contributed by atoms with E-state index in [2.05, 4.69) is 4.90 Å². The van der Waals surface area contributed by atoms with Crippen molar-refractivity contribution in [3.05, 3.63) is 0 Å². The van der Waals surface area contributed by atoms with Gasteiger partial charge < -0.3 is 4.90 Å². The van der Waals surface area contributed by atoms with Crippen LogP contribution in [0.2, 0.25) is 0 Å². The molecule has 0 bridgehead atoms. The lowest BCUT2D eigenvalue weighted by atomic mass is 9.75. The summed E-state index contributed by atoms with van der Waals surface area (Å²) >= 11 is 5.50. The minimum atomic E-state index is -3.18. The quantitative estimate of drug-likeness (QED) is 0.674. The number of nitrogens with zero attached hydrogens (tertiary/aromatic N) is 2. The van der Waals surface area contributed by atoms with E-state index in [1.165, 1.54) is 10.7 Å². The molecular weight excluding hydrogens is 248 g/mol. The lowest BCUT2D eigenvalue weighted by Gasteiger charge is -2.48. The number of likely N-dealkylation sites (N-methyl/N-ethyl adjacent to an activating group) is 2. The highest BCUT2D eigenvalue weighted by Gasteiger charge is 2.41. The lowest BCUT2D eigenvalue weighted by Crippen LogP contribution is -2.57. The van der Waals surface area contributed by atoms with Crippen LogP contribution < -0.4 is 0 Å². The lowest BCUT2D eigenvalue weighted by molar-refractivity contribution is 0.0455. The summed E-state index contributed by atoms with van der Waals surface area (Å²) in [6, 6.07) is 0. The highest BCUT2D eigenvalue weighted by Crippen LogP contribution is 2.37.